The first kappa shape index (κ1) is 18.4. The number of rotatable bonds is 4. The lowest BCUT2D eigenvalue weighted by atomic mass is 9.80. The molecule has 0 bridgehead atoms. The van der Waals surface area contributed by atoms with Crippen molar-refractivity contribution in [2.75, 3.05) is 44.8 Å². The quantitative estimate of drug-likeness (QED) is 0.824. The van der Waals surface area contributed by atoms with Crippen molar-refractivity contribution in [3.8, 4) is 0 Å². The van der Waals surface area contributed by atoms with Gasteiger partial charge in [0.2, 0.25) is 5.95 Å². The summed E-state index contributed by atoms with van der Waals surface area (Å²) >= 11 is 0. The molecule has 0 unspecified atom stereocenters. The van der Waals surface area contributed by atoms with E-state index in [4.69, 9.17) is 9.47 Å². The van der Waals surface area contributed by atoms with E-state index in [0.29, 0.717) is 24.7 Å². The van der Waals surface area contributed by atoms with Gasteiger partial charge in [-0.05, 0) is 24.7 Å². The third-order valence-electron chi connectivity index (χ3n) is 6.34. The molecule has 9 nitrogen and oxygen atoms in total. The van der Waals surface area contributed by atoms with Gasteiger partial charge in [0.25, 0.3) is 5.91 Å². The van der Waals surface area contributed by atoms with Crippen molar-refractivity contribution in [2.45, 2.75) is 24.8 Å². The van der Waals surface area contributed by atoms with Gasteiger partial charge in [0.1, 0.15) is 11.9 Å². The lowest BCUT2D eigenvalue weighted by Crippen LogP contribution is -2.53. The molecule has 3 fully saturated rings. The lowest BCUT2D eigenvalue weighted by molar-refractivity contribution is -0.0454. The van der Waals surface area contributed by atoms with E-state index in [9.17, 15) is 4.79 Å². The van der Waals surface area contributed by atoms with E-state index in [1.807, 2.05) is 4.90 Å². The van der Waals surface area contributed by atoms with Crippen LogP contribution in [0.1, 0.15) is 35.2 Å². The Morgan fingerprint density at radius 1 is 1.00 bits per heavy atom. The highest BCUT2D eigenvalue weighted by Crippen LogP contribution is 2.40. The fraction of sp³-hybridized carbons (Fsp3) is 0.550. The molecule has 3 aliphatic rings. The van der Waals surface area contributed by atoms with Crippen molar-refractivity contribution in [1.29, 1.82) is 0 Å². The third kappa shape index (κ3) is 3.44. The molecule has 0 radical (unpaired) electrons. The van der Waals surface area contributed by atoms with Crippen LogP contribution >= 0.6 is 0 Å². The van der Waals surface area contributed by atoms with Gasteiger partial charge in [-0.1, -0.05) is 0 Å². The van der Waals surface area contributed by atoms with E-state index in [0.717, 1.165) is 51.1 Å². The molecule has 29 heavy (non-hydrogen) atoms. The Bertz CT molecular complexity index is 866. The third-order valence-corrected chi connectivity index (χ3v) is 6.34. The van der Waals surface area contributed by atoms with E-state index >= 15 is 0 Å². The first-order valence-corrected chi connectivity index (χ1v) is 9.99. The molecule has 0 saturated carbocycles. The summed E-state index contributed by atoms with van der Waals surface area (Å²) in [6.07, 6.45) is 11.3. The zero-order chi connectivity index (χ0) is 19.7. The summed E-state index contributed by atoms with van der Waals surface area (Å²) < 4.78 is 10.9. The number of aromatic nitrogens is 4. The first-order valence-electron chi connectivity index (χ1n) is 9.99. The molecule has 9 heteroatoms. The molecule has 2 aromatic rings. The molecule has 1 amide bonds. The molecule has 1 spiro atoms. The topological polar surface area (TPSA) is 102 Å². The van der Waals surface area contributed by atoms with E-state index in [1.54, 1.807) is 24.8 Å². The largest absolute Gasteiger partial charge is 0.381 e. The highest BCUT2D eigenvalue weighted by Gasteiger charge is 2.42. The number of carbonyl (C=O) groups excluding carboxylic acids is 1. The van der Waals surface area contributed by atoms with Gasteiger partial charge >= 0.3 is 0 Å². The second-order valence-electron chi connectivity index (χ2n) is 8.21. The van der Waals surface area contributed by atoms with Gasteiger partial charge in [0.15, 0.2) is 0 Å². The first-order chi connectivity index (χ1) is 14.2. The molecule has 1 N–H and O–H groups in total. The molecule has 5 heterocycles. The number of carbonyl (C=O) groups is 1. The van der Waals surface area contributed by atoms with Crippen molar-refractivity contribution in [2.24, 2.45) is 5.41 Å². The zero-order valence-corrected chi connectivity index (χ0v) is 16.2. The van der Waals surface area contributed by atoms with Crippen LogP contribution in [0.25, 0.3) is 0 Å². The van der Waals surface area contributed by atoms with Crippen LogP contribution in [0.3, 0.4) is 0 Å². The second kappa shape index (κ2) is 7.31. The molecule has 5 rings (SSSR count). The number of likely N-dealkylation sites (tertiary alicyclic amines) is 1. The molecule has 152 valence electrons. The fourth-order valence-corrected chi connectivity index (χ4v) is 4.38. The Kier molecular flexibility index (Phi) is 4.63. The highest BCUT2D eigenvalue weighted by molar-refractivity contribution is 5.94. The predicted molar refractivity (Wildman–Crippen MR) is 103 cm³/mol. The number of hydrogen-bond donors (Lipinski definition) is 1. The summed E-state index contributed by atoms with van der Waals surface area (Å²) in [6.45, 7) is 4.15. The van der Waals surface area contributed by atoms with E-state index in [1.165, 1.54) is 6.33 Å². The molecular weight excluding hydrogens is 372 g/mol. The van der Waals surface area contributed by atoms with Gasteiger partial charge in [-0.2, -0.15) is 0 Å². The summed E-state index contributed by atoms with van der Waals surface area (Å²) in [6, 6.07) is 0. The minimum Gasteiger partial charge on any atom is -0.381 e. The minimum atomic E-state index is -0.433. The number of nitrogens with zero attached hydrogens (tertiary/aromatic N) is 5. The number of anilines is 1. The Balaban J connectivity index is 1.26. The maximum atomic E-state index is 12.9. The summed E-state index contributed by atoms with van der Waals surface area (Å²) in [5.41, 5.74) is 1.23. The Labute approximate surface area is 168 Å². The molecule has 0 aromatic carbocycles. The summed E-state index contributed by atoms with van der Waals surface area (Å²) in [5.74, 6) is 0.453. The Hall–Kier alpha value is -2.65. The number of hydrogen-bond acceptors (Lipinski definition) is 8. The van der Waals surface area contributed by atoms with Crippen LogP contribution in [-0.4, -0.2) is 70.3 Å². The monoisotopic (exact) mass is 396 g/mol. The molecular formula is C20H24N6O3. The number of nitrogens with one attached hydrogen (secondary N) is 1. The van der Waals surface area contributed by atoms with Gasteiger partial charge in [0.05, 0.1) is 18.8 Å². The standard InChI is InChI=1S/C20H24N6O3/c27-17(26-4-1-19(11-26)2-5-28-6-3-19)15-7-23-18(24-8-15)25-20(12-29-13-20)16-9-21-14-22-10-16/h7-10,14H,1-6,11-13H2,(H,23,24,25). The van der Waals surface area contributed by atoms with Gasteiger partial charge < -0.3 is 19.7 Å². The molecule has 3 aliphatic heterocycles. The van der Waals surface area contributed by atoms with Crippen molar-refractivity contribution in [3.63, 3.8) is 0 Å². The lowest BCUT2D eigenvalue weighted by Gasteiger charge is -2.41. The Morgan fingerprint density at radius 2 is 1.72 bits per heavy atom. The normalized spacial score (nSPS) is 22.3. The maximum Gasteiger partial charge on any atom is 0.257 e. The summed E-state index contributed by atoms with van der Waals surface area (Å²) in [5, 5.41) is 3.32. The van der Waals surface area contributed by atoms with Crippen molar-refractivity contribution in [3.05, 3.63) is 42.2 Å². The van der Waals surface area contributed by atoms with Gasteiger partial charge in [-0.3, -0.25) is 4.79 Å². The minimum absolute atomic E-state index is 0.00179. The number of ether oxygens (including phenoxy) is 2. The molecule has 2 aromatic heterocycles. The molecule has 0 atom stereocenters. The Morgan fingerprint density at radius 3 is 2.38 bits per heavy atom. The van der Waals surface area contributed by atoms with E-state index in [-0.39, 0.29) is 11.3 Å². The van der Waals surface area contributed by atoms with Crippen LogP contribution in [0.2, 0.25) is 0 Å². The predicted octanol–water partition coefficient (Wildman–Crippen LogP) is 1.25. The second-order valence-corrected chi connectivity index (χ2v) is 8.21. The van der Waals surface area contributed by atoms with Crippen LogP contribution in [-0.2, 0) is 15.0 Å². The van der Waals surface area contributed by atoms with Crippen LogP contribution in [0.4, 0.5) is 5.95 Å². The SMILES string of the molecule is O=C(c1cnc(NC2(c3cncnc3)COC2)nc1)N1CCC2(CCOCC2)C1. The fourth-order valence-electron chi connectivity index (χ4n) is 4.38. The summed E-state index contributed by atoms with van der Waals surface area (Å²) in [4.78, 5) is 31.8. The molecule has 0 aliphatic carbocycles. The number of amides is 1. The van der Waals surface area contributed by atoms with Crippen molar-refractivity contribution in [1.82, 2.24) is 24.8 Å². The summed E-state index contributed by atoms with van der Waals surface area (Å²) in [7, 11) is 0. The van der Waals surface area contributed by atoms with Crippen LogP contribution in [0.15, 0.2) is 31.1 Å². The van der Waals surface area contributed by atoms with E-state index < -0.39 is 5.54 Å². The molecule has 3 saturated heterocycles. The maximum absolute atomic E-state index is 12.9. The average molecular weight is 396 g/mol. The smallest absolute Gasteiger partial charge is 0.257 e. The highest BCUT2D eigenvalue weighted by atomic mass is 16.5. The van der Waals surface area contributed by atoms with Gasteiger partial charge in [-0.15, -0.1) is 0 Å². The van der Waals surface area contributed by atoms with Crippen LogP contribution in [0, 0.1) is 5.41 Å². The van der Waals surface area contributed by atoms with Crippen molar-refractivity contribution < 1.29 is 14.3 Å². The van der Waals surface area contributed by atoms with Gasteiger partial charge in [0, 0.05) is 56.7 Å². The zero-order valence-electron chi connectivity index (χ0n) is 16.2. The van der Waals surface area contributed by atoms with Crippen LogP contribution < -0.4 is 5.32 Å². The van der Waals surface area contributed by atoms with Crippen LogP contribution in [0.5, 0.6) is 0 Å². The average Bonchev–Trinajstić information content (AvgIpc) is 3.15. The van der Waals surface area contributed by atoms with Gasteiger partial charge in [-0.25, -0.2) is 19.9 Å². The van der Waals surface area contributed by atoms with Crippen molar-refractivity contribution >= 4 is 11.9 Å². The van der Waals surface area contributed by atoms with E-state index in [2.05, 4.69) is 25.3 Å².